The molecule has 114 valence electrons. The average Bonchev–Trinajstić information content (AvgIpc) is 2.26. The van der Waals surface area contributed by atoms with Crippen LogP contribution >= 0.6 is 0 Å². The molecule has 0 spiro atoms. The molecule has 0 heterocycles. The molecular weight excluding hydrogens is 255 g/mol. The van der Waals surface area contributed by atoms with Crippen LogP contribution < -0.4 is 10.6 Å². The summed E-state index contributed by atoms with van der Waals surface area (Å²) in [6.45, 7) is 8.24. The van der Waals surface area contributed by atoms with Crippen molar-refractivity contribution in [1.82, 2.24) is 10.6 Å². The van der Waals surface area contributed by atoms with E-state index in [0.717, 1.165) is 19.5 Å². The highest BCUT2D eigenvalue weighted by atomic mass is 19.4. The molecule has 0 fully saturated rings. The number of hydrogen-bond acceptors (Lipinski definition) is 1. The molecular formula is C13H26F3N3. The molecule has 0 aromatic carbocycles. The minimum atomic E-state index is -4.05. The lowest BCUT2D eigenvalue weighted by molar-refractivity contribution is -0.135. The maximum atomic E-state index is 11.9. The molecule has 0 amide bonds. The van der Waals surface area contributed by atoms with Crippen LogP contribution in [0, 0.1) is 5.92 Å². The Labute approximate surface area is 114 Å². The van der Waals surface area contributed by atoms with Crippen molar-refractivity contribution in [2.24, 2.45) is 10.9 Å². The maximum absolute atomic E-state index is 11.9. The van der Waals surface area contributed by atoms with Gasteiger partial charge in [-0.2, -0.15) is 13.2 Å². The fourth-order valence-electron chi connectivity index (χ4n) is 1.45. The molecule has 0 saturated heterocycles. The highest BCUT2D eigenvalue weighted by Gasteiger charge is 2.25. The van der Waals surface area contributed by atoms with Crippen molar-refractivity contribution < 1.29 is 13.2 Å². The van der Waals surface area contributed by atoms with Gasteiger partial charge in [0.25, 0.3) is 0 Å². The Morgan fingerprint density at radius 2 is 1.84 bits per heavy atom. The van der Waals surface area contributed by atoms with Gasteiger partial charge in [0.15, 0.2) is 5.96 Å². The van der Waals surface area contributed by atoms with Gasteiger partial charge in [0.2, 0.25) is 0 Å². The zero-order valence-electron chi connectivity index (χ0n) is 12.1. The van der Waals surface area contributed by atoms with E-state index >= 15 is 0 Å². The van der Waals surface area contributed by atoms with E-state index in [2.05, 4.69) is 29.5 Å². The third-order valence-electron chi connectivity index (χ3n) is 2.50. The molecule has 0 aromatic rings. The van der Waals surface area contributed by atoms with Gasteiger partial charge in [-0.25, -0.2) is 0 Å². The Hall–Kier alpha value is -0.940. The molecule has 0 rings (SSSR count). The highest BCUT2D eigenvalue weighted by molar-refractivity contribution is 5.79. The van der Waals surface area contributed by atoms with E-state index < -0.39 is 12.6 Å². The molecule has 0 aliphatic carbocycles. The zero-order chi connectivity index (χ0) is 14.7. The Kier molecular flexibility index (Phi) is 9.43. The van der Waals surface area contributed by atoms with Crippen LogP contribution in [0.2, 0.25) is 0 Å². The summed E-state index contributed by atoms with van der Waals surface area (Å²) in [6.07, 6.45) is -3.14. The number of hydrogen-bond donors (Lipinski definition) is 2. The van der Waals surface area contributed by atoms with Crippen LogP contribution in [-0.2, 0) is 0 Å². The van der Waals surface area contributed by atoms with Gasteiger partial charge < -0.3 is 10.6 Å². The smallest absolute Gasteiger partial charge is 0.357 e. The first-order chi connectivity index (χ1) is 8.85. The molecule has 0 aromatic heterocycles. The SMILES string of the molecule is CCNC(=NCCCCC(F)(F)F)NCCC(C)C. The van der Waals surface area contributed by atoms with E-state index in [1.807, 2.05) is 6.92 Å². The van der Waals surface area contributed by atoms with E-state index in [9.17, 15) is 13.2 Å². The van der Waals surface area contributed by atoms with Crippen molar-refractivity contribution in [2.45, 2.75) is 52.6 Å². The first-order valence-corrected chi connectivity index (χ1v) is 6.94. The van der Waals surface area contributed by atoms with Crippen LogP contribution in [0.4, 0.5) is 13.2 Å². The summed E-state index contributed by atoms with van der Waals surface area (Å²) in [6, 6.07) is 0. The van der Waals surface area contributed by atoms with Crippen LogP contribution in [0.1, 0.15) is 46.5 Å². The number of alkyl halides is 3. The normalized spacial score (nSPS) is 12.9. The van der Waals surface area contributed by atoms with Gasteiger partial charge in [-0.1, -0.05) is 13.8 Å². The number of halogens is 3. The fourth-order valence-corrected chi connectivity index (χ4v) is 1.45. The summed E-state index contributed by atoms with van der Waals surface area (Å²) >= 11 is 0. The maximum Gasteiger partial charge on any atom is 0.389 e. The van der Waals surface area contributed by atoms with E-state index in [0.29, 0.717) is 24.8 Å². The van der Waals surface area contributed by atoms with Crippen LogP contribution in [0.15, 0.2) is 4.99 Å². The number of nitrogens with one attached hydrogen (secondary N) is 2. The van der Waals surface area contributed by atoms with Crippen LogP contribution in [0.25, 0.3) is 0 Å². The first kappa shape index (κ1) is 18.1. The summed E-state index contributed by atoms with van der Waals surface area (Å²) in [4.78, 5) is 4.26. The number of nitrogens with zero attached hydrogens (tertiary/aromatic N) is 1. The zero-order valence-corrected chi connectivity index (χ0v) is 12.1. The van der Waals surface area contributed by atoms with Crippen LogP contribution in [-0.4, -0.2) is 31.8 Å². The second kappa shape index (κ2) is 9.92. The Morgan fingerprint density at radius 1 is 1.16 bits per heavy atom. The lowest BCUT2D eigenvalue weighted by Crippen LogP contribution is -2.38. The van der Waals surface area contributed by atoms with Gasteiger partial charge in [-0.3, -0.25) is 4.99 Å². The van der Waals surface area contributed by atoms with E-state index in [1.54, 1.807) is 0 Å². The van der Waals surface area contributed by atoms with Gasteiger partial charge in [0, 0.05) is 26.1 Å². The van der Waals surface area contributed by atoms with Crippen LogP contribution in [0.3, 0.4) is 0 Å². The lowest BCUT2D eigenvalue weighted by Gasteiger charge is -2.12. The summed E-state index contributed by atoms with van der Waals surface area (Å²) < 4.78 is 35.8. The van der Waals surface area contributed by atoms with Crippen molar-refractivity contribution in [3.05, 3.63) is 0 Å². The third-order valence-corrected chi connectivity index (χ3v) is 2.50. The van der Waals surface area contributed by atoms with Gasteiger partial charge in [-0.05, 0) is 32.1 Å². The lowest BCUT2D eigenvalue weighted by atomic mass is 10.1. The quantitative estimate of drug-likeness (QED) is 0.407. The van der Waals surface area contributed by atoms with Crippen molar-refractivity contribution >= 4 is 5.96 Å². The second-order valence-corrected chi connectivity index (χ2v) is 4.94. The second-order valence-electron chi connectivity index (χ2n) is 4.94. The first-order valence-electron chi connectivity index (χ1n) is 6.94. The van der Waals surface area contributed by atoms with Gasteiger partial charge in [0.1, 0.15) is 0 Å². The molecule has 6 heteroatoms. The van der Waals surface area contributed by atoms with Crippen LogP contribution in [0.5, 0.6) is 0 Å². The summed E-state index contributed by atoms with van der Waals surface area (Å²) in [5.74, 6) is 1.30. The molecule has 0 unspecified atom stereocenters. The van der Waals surface area contributed by atoms with Crippen molar-refractivity contribution in [2.75, 3.05) is 19.6 Å². The van der Waals surface area contributed by atoms with Crippen molar-refractivity contribution in [3.63, 3.8) is 0 Å². The molecule has 2 N–H and O–H groups in total. The molecule has 3 nitrogen and oxygen atoms in total. The summed E-state index contributed by atoms with van der Waals surface area (Å²) in [5.41, 5.74) is 0. The summed E-state index contributed by atoms with van der Waals surface area (Å²) in [5, 5.41) is 6.26. The minimum absolute atomic E-state index is 0.137. The standard InChI is InChI=1S/C13H26F3N3/c1-4-17-12(19-10-7-11(2)3)18-9-6-5-8-13(14,15)16/h11H,4-10H2,1-3H3,(H2,17,18,19). The van der Waals surface area contributed by atoms with E-state index in [4.69, 9.17) is 0 Å². The molecule has 0 aliphatic rings. The van der Waals surface area contributed by atoms with Crippen molar-refractivity contribution in [1.29, 1.82) is 0 Å². The monoisotopic (exact) mass is 281 g/mol. The largest absolute Gasteiger partial charge is 0.389 e. The van der Waals surface area contributed by atoms with E-state index in [1.165, 1.54) is 0 Å². The Balaban J connectivity index is 3.85. The average molecular weight is 281 g/mol. The number of rotatable bonds is 8. The number of aliphatic imine (C=N–C) groups is 1. The fraction of sp³-hybridized carbons (Fsp3) is 0.923. The molecule has 19 heavy (non-hydrogen) atoms. The Morgan fingerprint density at radius 3 is 2.37 bits per heavy atom. The highest BCUT2D eigenvalue weighted by Crippen LogP contribution is 2.21. The van der Waals surface area contributed by atoms with Gasteiger partial charge in [0.05, 0.1) is 0 Å². The molecule has 0 saturated carbocycles. The third kappa shape index (κ3) is 13.3. The minimum Gasteiger partial charge on any atom is -0.357 e. The predicted molar refractivity (Wildman–Crippen MR) is 73.3 cm³/mol. The topological polar surface area (TPSA) is 36.4 Å². The van der Waals surface area contributed by atoms with Gasteiger partial charge in [-0.15, -0.1) is 0 Å². The van der Waals surface area contributed by atoms with Gasteiger partial charge >= 0.3 is 6.18 Å². The molecule has 0 atom stereocenters. The van der Waals surface area contributed by atoms with E-state index in [-0.39, 0.29) is 6.42 Å². The molecule has 0 bridgehead atoms. The molecule has 0 radical (unpaired) electrons. The summed E-state index contributed by atoms with van der Waals surface area (Å²) in [7, 11) is 0. The number of guanidine groups is 1. The number of unbranched alkanes of at least 4 members (excludes halogenated alkanes) is 1. The Bertz CT molecular complexity index is 250. The van der Waals surface area contributed by atoms with Crippen molar-refractivity contribution in [3.8, 4) is 0 Å². The predicted octanol–water partition coefficient (Wildman–Crippen LogP) is 3.32. The molecule has 0 aliphatic heterocycles.